The molecule has 5 nitrogen and oxygen atoms in total. The Morgan fingerprint density at radius 1 is 1.80 bits per heavy atom. The molecule has 0 fully saturated rings. The van der Waals surface area contributed by atoms with Gasteiger partial charge in [-0.3, -0.25) is 4.79 Å². The van der Waals surface area contributed by atoms with Gasteiger partial charge in [-0.05, 0) is 12.2 Å². The molecule has 0 saturated heterocycles. The summed E-state index contributed by atoms with van der Waals surface area (Å²) in [6.07, 6.45) is 4.06. The van der Waals surface area contributed by atoms with Gasteiger partial charge in [0.1, 0.15) is 6.04 Å². The second-order valence-electron chi connectivity index (χ2n) is 3.28. The van der Waals surface area contributed by atoms with Crippen LogP contribution in [0.2, 0.25) is 0 Å². The summed E-state index contributed by atoms with van der Waals surface area (Å²) in [5.41, 5.74) is 6.50. The molecule has 0 amide bonds. The molecule has 0 spiro atoms. The number of nitrogens with two attached hydrogens (primary N) is 1. The van der Waals surface area contributed by atoms with E-state index in [0.29, 0.717) is 6.42 Å². The standard InChI is InChI=1S/C9H15N3O2S/c1-12-6-11-4-7(12)5-15-3-2-8(10)9(13)14/h4,6,8H,2-3,5,10H2,1H3,(H,13,14). The number of carbonyl (C=O) groups is 1. The third-order valence-corrected chi connectivity index (χ3v) is 3.08. The lowest BCUT2D eigenvalue weighted by atomic mass is 10.2. The van der Waals surface area contributed by atoms with Crippen molar-refractivity contribution in [3.05, 3.63) is 18.2 Å². The molecule has 0 aliphatic heterocycles. The lowest BCUT2D eigenvalue weighted by Crippen LogP contribution is -2.30. The maximum absolute atomic E-state index is 10.4. The van der Waals surface area contributed by atoms with Crippen LogP contribution in [0.15, 0.2) is 12.5 Å². The topological polar surface area (TPSA) is 81.1 Å². The van der Waals surface area contributed by atoms with E-state index in [0.717, 1.165) is 17.2 Å². The second kappa shape index (κ2) is 5.77. The smallest absolute Gasteiger partial charge is 0.320 e. The molecule has 0 saturated carbocycles. The number of carboxylic acids is 1. The molecule has 1 atom stereocenters. The van der Waals surface area contributed by atoms with Gasteiger partial charge in [-0.25, -0.2) is 4.98 Å². The fourth-order valence-electron chi connectivity index (χ4n) is 1.03. The van der Waals surface area contributed by atoms with Crippen LogP contribution in [0.4, 0.5) is 0 Å². The molecule has 0 aromatic carbocycles. The summed E-state index contributed by atoms with van der Waals surface area (Å²) in [5, 5.41) is 8.56. The molecule has 0 radical (unpaired) electrons. The van der Waals surface area contributed by atoms with Gasteiger partial charge in [-0.2, -0.15) is 11.8 Å². The Morgan fingerprint density at radius 2 is 2.53 bits per heavy atom. The van der Waals surface area contributed by atoms with E-state index >= 15 is 0 Å². The van der Waals surface area contributed by atoms with Crippen LogP contribution in [0.1, 0.15) is 12.1 Å². The first-order valence-electron chi connectivity index (χ1n) is 4.62. The Hall–Kier alpha value is -1.01. The number of hydrogen-bond donors (Lipinski definition) is 2. The molecule has 0 bridgehead atoms. The van der Waals surface area contributed by atoms with Gasteiger partial charge in [0.05, 0.1) is 6.33 Å². The highest BCUT2D eigenvalue weighted by Gasteiger charge is 2.10. The van der Waals surface area contributed by atoms with Gasteiger partial charge in [0.25, 0.3) is 0 Å². The average molecular weight is 229 g/mol. The number of thioether (sulfide) groups is 1. The quantitative estimate of drug-likeness (QED) is 0.692. The highest BCUT2D eigenvalue weighted by atomic mass is 32.2. The monoisotopic (exact) mass is 229 g/mol. The summed E-state index contributed by atoms with van der Waals surface area (Å²) >= 11 is 1.67. The zero-order valence-corrected chi connectivity index (χ0v) is 9.41. The lowest BCUT2D eigenvalue weighted by molar-refractivity contribution is -0.138. The maximum atomic E-state index is 10.4. The summed E-state index contributed by atoms with van der Waals surface area (Å²) < 4.78 is 1.95. The Kier molecular flexibility index (Phi) is 4.64. The number of imidazole rings is 1. The first kappa shape index (κ1) is 12.1. The number of aryl methyl sites for hydroxylation is 1. The predicted octanol–water partition coefficient (Wildman–Crippen LogP) is 0.455. The molecule has 0 aliphatic rings. The van der Waals surface area contributed by atoms with Crippen LogP contribution in [-0.4, -0.2) is 32.4 Å². The number of aliphatic carboxylic acids is 1. The minimum atomic E-state index is -0.934. The van der Waals surface area contributed by atoms with Crippen LogP contribution in [0.25, 0.3) is 0 Å². The van der Waals surface area contributed by atoms with Gasteiger partial charge in [0, 0.05) is 24.7 Å². The molecule has 6 heteroatoms. The van der Waals surface area contributed by atoms with Crippen LogP contribution in [0, 0.1) is 0 Å². The van der Waals surface area contributed by atoms with E-state index in [1.54, 1.807) is 18.1 Å². The maximum Gasteiger partial charge on any atom is 0.320 e. The highest BCUT2D eigenvalue weighted by Crippen LogP contribution is 2.12. The van der Waals surface area contributed by atoms with E-state index in [9.17, 15) is 4.79 Å². The van der Waals surface area contributed by atoms with Crippen molar-refractivity contribution in [3.63, 3.8) is 0 Å². The van der Waals surface area contributed by atoms with Crippen molar-refractivity contribution >= 4 is 17.7 Å². The van der Waals surface area contributed by atoms with E-state index in [2.05, 4.69) is 4.98 Å². The van der Waals surface area contributed by atoms with Crippen molar-refractivity contribution in [1.29, 1.82) is 0 Å². The minimum absolute atomic E-state index is 0.498. The molecule has 3 N–H and O–H groups in total. The molecule has 1 unspecified atom stereocenters. The minimum Gasteiger partial charge on any atom is -0.480 e. The van der Waals surface area contributed by atoms with Crippen LogP contribution in [0.5, 0.6) is 0 Å². The van der Waals surface area contributed by atoms with Crippen molar-refractivity contribution in [1.82, 2.24) is 9.55 Å². The zero-order valence-electron chi connectivity index (χ0n) is 8.59. The van der Waals surface area contributed by atoms with Gasteiger partial charge in [-0.15, -0.1) is 0 Å². The Labute approximate surface area is 92.7 Å². The highest BCUT2D eigenvalue weighted by molar-refractivity contribution is 7.98. The van der Waals surface area contributed by atoms with Gasteiger partial charge in [0.15, 0.2) is 0 Å². The molecule has 15 heavy (non-hydrogen) atoms. The number of rotatable bonds is 6. The normalized spacial score (nSPS) is 12.7. The molecule has 1 aromatic rings. The average Bonchev–Trinajstić information content (AvgIpc) is 2.58. The number of aromatic nitrogens is 2. The predicted molar refractivity (Wildman–Crippen MR) is 59.6 cm³/mol. The summed E-state index contributed by atoms with van der Waals surface area (Å²) in [7, 11) is 1.94. The summed E-state index contributed by atoms with van der Waals surface area (Å²) in [6.45, 7) is 0. The molecule has 1 rings (SSSR count). The zero-order chi connectivity index (χ0) is 11.3. The van der Waals surface area contributed by atoms with Crippen LogP contribution < -0.4 is 5.73 Å². The van der Waals surface area contributed by atoms with Crippen LogP contribution in [-0.2, 0) is 17.6 Å². The number of hydrogen-bond acceptors (Lipinski definition) is 4. The first-order chi connectivity index (χ1) is 7.11. The van der Waals surface area contributed by atoms with Crippen molar-refractivity contribution in [2.75, 3.05) is 5.75 Å². The fourth-order valence-corrected chi connectivity index (χ4v) is 2.09. The van der Waals surface area contributed by atoms with E-state index in [1.807, 2.05) is 17.8 Å². The van der Waals surface area contributed by atoms with Gasteiger partial charge in [0.2, 0.25) is 0 Å². The summed E-state index contributed by atoms with van der Waals surface area (Å²) in [6, 6.07) is -0.746. The van der Waals surface area contributed by atoms with Gasteiger partial charge >= 0.3 is 5.97 Å². The number of carboxylic acid groups (broad SMARTS) is 1. The third kappa shape index (κ3) is 3.93. The summed E-state index contributed by atoms with van der Waals surface area (Å²) in [4.78, 5) is 14.4. The van der Waals surface area contributed by atoms with Crippen molar-refractivity contribution in [2.45, 2.75) is 18.2 Å². The largest absolute Gasteiger partial charge is 0.480 e. The number of nitrogens with zero attached hydrogens (tertiary/aromatic N) is 2. The van der Waals surface area contributed by atoms with Crippen molar-refractivity contribution in [3.8, 4) is 0 Å². The molecular formula is C9H15N3O2S. The van der Waals surface area contributed by atoms with Crippen LogP contribution in [0.3, 0.4) is 0 Å². The molecule has 1 heterocycles. The third-order valence-electron chi connectivity index (χ3n) is 2.06. The van der Waals surface area contributed by atoms with Crippen molar-refractivity contribution in [2.24, 2.45) is 12.8 Å². The Bertz CT molecular complexity index is 327. The van der Waals surface area contributed by atoms with Crippen molar-refractivity contribution < 1.29 is 9.90 Å². The molecular weight excluding hydrogens is 214 g/mol. The van der Waals surface area contributed by atoms with E-state index in [4.69, 9.17) is 10.8 Å². The SMILES string of the molecule is Cn1cncc1CSCCC(N)C(=O)O. The molecule has 0 aliphatic carbocycles. The van der Waals surface area contributed by atoms with E-state index in [1.165, 1.54) is 0 Å². The Balaban J connectivity index is 2.17. The van der Waals surface area contributed by atoms with Crippen LogP contribution >= 0.6 is 11.8 Å². The Morgan fingerprint density at radius 3 is 3.07 bits per heavy atom. The van der Waals surface area contributed by atoms with E-state index in [-0.39, 0.29) is 0 Å². The van der Waals surface area contributed by atoms with Gasteiger partial charge in [-0.1, -0.05) is 0 Å². The molecule has 84 valence electrons. The lowest BCUT2D eigenvalue weighted by Gasteiger charge is -2.05. The fraction of sp³-hybridized carbons (Fsp3) is 0.556. The van der Waals surface area contributed by atoms with Gasteiger partial charge < -0.3 is 15.4 Å². The first-order valence-corrected chi connectivity index (χ1v) is 5.78. The van der Waals surface area contributed by atoms with E-state index < -0.39 is 12.0 Å². The second-order valence-corrected chi connectivity index (χ2v) is 4.39. The summed E-state index contributed by atoms with van der Waals surface area (Å²) in [5.74, 6) is 0.651. The molecule has 1 aromatic heterocycles.